The molecule has 0 saturated carbocycles. The smallest absolute Gasteiger partial charge is 0.338 e. The van der Waals surface area contributed by atoms with Crippen LogP contribution in [-0.2, 0) is 16.0 Å². The fraction of sp³-hybridized carbons (Fsp3) is 0.381. The van der Waals surface area contributed by atoms with Gasteiger partial charge in [0.25, 0.3) is 11.6 Å². The highest BCUT2D eigenvalue weighted by molar-refractivity contribution is 5.99. The number of ether oxygens (including phenoxy) is 2. The summed E-state index contributed by atoms with van der Waals surface area (Å²) >= 11 is 0. The van der Waals surface area contributed by atoms with Crippen molar-refractivity contribution in [2.24, 2.45) is 0 Å². The summed E-state index contributed by atoms with van der Waals surface area (Å²) in [5.41, 5.74) is 0.368. The molecule has 1 fully saturated rings. The van der Waals surface area contributed by atoms with Crippen molar-refractivity contribution in [1.29, 1.82) is 0 Å². The third-order valence-electron chi connectivity index (χ3n) is 4.73. The summed E-state index contributed by atoms with van der Waals surface area (Å²) in [7, 11) is 0. The predicted molar refractivity (Wildman–Crippen MR) is 112 cm³/mol. The predicted octanol–water partition coefficient (Wildman–Crippen LogP) is 2.32. The van der Waals surface area contributed by atoms with Crippen molar-refractivity contribution >= 4 is 23.4 Å². The van der Waals surface area contributed by atoms with Crippen LogP contribution in [0.4, 0.5) is 11.5 Å². The minimum Gasteiger partial charge on any atom is -0.462 e. The van der Waals surface area contributed by atoms with E-state index in [9.17, 15) is 19.7 Å². The van der Waals surface area contributed by atoms with Crippen LogP contribution in [0.1, 0.15) is 40.1 Å². The van der Waals surface area contributed by atoms with Gasteiger partial charge >= 0.3 is 5.97 Å². The van der Waals surface area contributed by atoms with Crippen LogP contribution >= 0.6 is 0 Å². The number of hydrogen-bond acceptors (Lipinski definition) is 8. The van der Waals surface area contributed by atoms with E-state index in [2.05, 4.69) is 15.2 Å². The highest BCUT2D eigenvalue weighted by Gasteiger charge is 2.19. The number of hydrogen-bond donors (Lipinski definition) is 1. The van der Waals surface area contributed by atoms with Crippen molar-refractivity contribution in [3.8, 4) is 0 Å². The van der Waals surface area contributed by atoms with Crippen LogP contribution in [0.25, 0.3) is 0 Å². The van der Waals surface area contributed by atoms with Crippen LogP contribution in [0, 0.1) is 10.1 Å². The molecule has 10 heteroatoms. The molecule has 2 heterocycles. The molecule has 31 heavy (non-hydrogen) atoms. The number of morpholine rings is 1. The van der Waals surface area contributed by atoms with Crippen LogP contribution in [0.3, 0.4) is 0 Å². The Bertz CT molecular complexity index is 963. The molecule has 1 unspecified atom stereocenters. The lowest BCUT2D eigenvalue weighted by atomic mass is 10.1. The Balaban J connectivity index is 1.67. The van der Waals surface area contributed by atoms with Crippen LogP contribution in [0.2, 0.25) is 0 Å². The van der Waals surface area contributed by atoms with Crippen LogP contribution < -0.4 is 10.2 Å². The number of benzene rings is 1. The number of pyridine rings is 1. The second-order valence-electron chi connectivity index (χ2n) is 7.08. The van der Waals surface area contributed by atoms with Gasteiger partial charge in [0, 0.05) is 43.5 Å². The lowest BCUT2D eigenvalue weighted by molar-refractivity contribution is -0.384. The molecule has 1 aliphatic heterocycles. The fourth-order valence-electron chi connectivity index (χ4n) is 3.20. The zero-order chi connectivity index (χ0) is 22.4. The minimum atomic E-state index is -0.725. The molecule has 1 amide bonds. The van der Waals surface area contributed by atoms with E-state index in [0.717, 1.165) is 36.6 Å². The third kappa shape index (κ3) is 5.76. The Hall–Kier alpha value is -3.53. The second kappa shape index (κ2) is 9.98. The standard InChI is InChI=1S/C21H24N4O6/c1-3-30-21(27)17-8-16(9-18(10-17)25(28)29)20(26)23-12-15-4-5-19(22-11-15)24-6-7-31-14(2)13-24/h4-5,8-11,14H,3,6-7,12-13H2,1-2H3,(H,23,26). The first-order chi connectivity index (χ1) is 14.9. The largest absolute Gasteiger partial charge is 0.462 e. The van der Waals surface area contributed by atoms with Gasteiger partial charge in [-0.05, 0) is 31.5 Å². The normalized spacial score (nSPS) is 15.9. The van der Waals surface area contributed by atoms with Crippen molar-refractivity contribution in [2.75, 3.05) is 31.2 Å². The van der Waals surface area contributed by atoms with Crippen molar-refractivity contribution in [3.63, 3.8) is 0 Å². The van der Waals surface area contributed by atoms with Crippen molar-refractivity contribution < 1.29 is 24.0 Å². The Labute approximate surface area is 179 Å². The van der Waals surface area contributed by atoms with E-state index in [0.29, 0.717) is 6.61 Å². The summed E-state index contributed by atoms with van der Waals surface area (Å²) in [4.78, 5) is 41.6. The summed E-state index contributed by atoms with van der Waals surface area (Å²) in [6.07, 6.45) is 1.82. The molecule has 10 nitrogen and oxygen atoms in total. The summed E-state index contributed by atoms with van der Waals surface area (Å²) < 4.78 is 10.4. The fourth-order valence-corrected chi connectivity index (χ4v) is 3.20. The van der Waals surface area contributed by atoms with E-state index in [4.69, 9.17) is 9.47 Å². The van der Waals surface area contributed by atoms with E-state index in [1.54, 1.807) is 13.1 Å². The topological polar surface area (TPSA) is 124 Å². The first kappa shape index (κ1) is 22.2. The summed E-state index contributed by atoms with van der Waals surface area (Å²) in [6.45, 7) is 6.12. The molecule has 1 N–H and O–H groups in total. The number of nitro benzene ring substituents is 1. The molecule has 0 aliphatic carbocycles. The van der Waals surface area contributed by atoms with Gasteiger partial charge in [0.1, 0.15) is 5.82 Å². The SMILES string of the molecule is CCOC(=O)c1cc(C(=O)NCc2ccc(N3CCOC(C)C3)nc2)cc([N+](=O)[O-])c1. The number of amides is 1. The van der Waals surface area contributed by atoms with Gasteiger partial charge in [0.2, 0.25) is 0 Å². The lowest BCUT2D eigenvalue weighted by Gasteiger charge is -2.32. The van der Waals surface area contributed by atoms with E-state index in [1.165, 1.54) is 6.07 Å². The second-order valence-corrected chi connectivity index (χ2v) is 7.08. The molecular formula is C21H24N4O6. The molecule has 1 saturated heterocycles. The van der Waals surface area contributed by atoms with E-state index in [1.807, 2.05) is 19.1 Å². The molecule has 2 aromatic rings. The maximum Gasteiger partial charge on any atom is 0.338 e. The highest BCUT2D eigenvalue weighted by atomic mass is 16.6. The lowest BCUT2D eigenvalue weighted by Crippen LogP contribution is -2.41. The van der Waals surface area contributed by atoms with Crippen molar-refractivity contribution in [1.82, 2.24) is 10.3 Å². The average molecular weight is 428 g/mol. The number of esters is 1. The first-order valence-corrected chi connectivity index (χ1v) is 9.93. The molecule has 0 spiro atoms. The number of nitro groups is 1. The van der Waals surface area contributed by atoms with Gasteiger partial charge in [-0.3, -0.25) is 14.9 Å². The molecule has 1 aliphatic rings. The number of carbonyl (C=O) groups is 2. The minimum absolute atomic E-state index is 0.00383. The van der Waals surface area contributed by atoms with Crippen LogP contribution in [0.5, 0.6) is 0 Å². The number of aromatic nitrogens is 1. The highest BCUT2D eigenvalue weighted by Crippen LogP contribution is 2.19. The maximum absolute atomic E-state index is 12.5. The zero-order valence-corrected chi connectivity index (χ0v) is 17.4. The molecule has 1 aromatic carbocycles. The molecule has 0 radical (unpaired) electrons. The van der Waals surface area contributed by atoms with Gasteiger partial charge in [0.05, 0.1) is 29.8 Å². The van der Waals surface area contributed by atoms with E-state index < -0.39 is 16.8 Å². The number of anilines is 1. The Morgan fingerprint density at radius 1 is 1.32 bits per heavy atom. The number of non-ortho nitro benzene ring substituents is 1. The number of nitrogens with one attached hydrogen (secondary N) is 1. The molecule has 1 aromatic heterocycles. The monoisotopic (exact) mass is 428 g/mol. The number of carbonyl (C=O) groups excluding carboxylic acids is 2. The van der Waals surface area contributed by atoms with Gasteiger partial charge in [0.15, 0.2) is 0 Å². The molecule has 3 rings (SSSR count). The molecule has 1 atom stereocenters. The van der Waals surface area contributed by atoms with Crippen molar-refractivity contribution in [3.05, 3.63) is 63.3 Å². The third-order valence-corrected chi connectivity index (χ3v) is 4.73. The Morgan fingerprint density at radius 3 is 2.74 bits per heavy atom. The van der Waals surface area contributed by atoms with Crippen LogP contribution in [0.15, 0.2) is 36.5 Å². The Kier molecular flexibility index (Phi) is 7.14. The van der Waals surface area contributed by atoms with Gasteiger partial charge in [-0.2, -0.15) is 0 Å². The molecule has 164 valence electrons. The van der Waals surface area contributed by atoms with Gasteiger partial charge in [-0.15, -0.1) is 0 Å². The first-order valence-electron chi connectivity index (χ1n) is 9.93. The van der Waals surface area contributed by atoms with Gasteiger partial charge < -0.3 is 19.7 Å². The van der Waals surface area contributed by atoms with Crippen LogP contribution in [-0.4, -0.2) is 54.2 Å². The average Bonchev–Trinajstić information content (AvgIpc) is 2.77. The van der Waals surface area contributed by atoms with Gasteiger partial charge in [-0.25, -0.2) is 9.78 Å². The van der Waals surface area contributed by atoms with E-state index in [-0.39, 0.29) is 36.1 Å². The maximum atomic E-state index is 12.5. The Morgan fingerprint density at radius 2 is 2.10 bits per heavy atom. The quantitative estimate of drug-likeness (QED) is 0.405. The molecule has 0 bridgehead atoms. The van der Waals surface area contributed by atoms with Gasteiger partial charge in [-0.1, -0.05) is 6.07 Å². The summed E-state index contributed by atoms with van der Waals surface area (Å²) in [5, 5.41) is 13.9. The van der Waals surface area contributed by atoms with E-state index >= 15 is 0 Å². The summed E-state index contributed by atoms with van der Waals surface area (Å²) in [6, 6.07) is 7.23. The number of rotatable bonds is 7. The molecular weight excluding hydrogens is 404 g/mol. The summed E-state index contributed by atoms with van der Waals surface area (Å²) in [5.74, 6) is -0.430. The zero-order valence-electron chi connectivity index (χ0n) is 17.4. The number of nitrogens with zero attached hydrogens (tertiary/aromatic N) is 3. The van der Waals surface area contributed by atoms with Crippen molar-refractivity contribution in [2.45, 2.75) is 26.5 Å².